The minimum Gasteiger partial charge on any atom is -0.490 e. The van der Waals surface area contributed by atoms with Crippen LogP contribution >= 0.6 is 0 Å². The van der Waals surface area contributed by atoms with E-state index in [1.807, 2.05) is 62.4 Å². The second-order valence-corrected chi connectivity index (χ2v) is 8.93. The van der Waals surface area contributed by atoms with E-state index in [9.17, 15) is 19.7 Å². The van der Waals surface area contributed by atoms with Crippen molar-refractivity contribution in [2.24, 2.45) is 5.92 Å². The summed E-state index contributed by atoms with van der Waals surface area (Å²) in [4.78, 5) is 45.0. The molecule has 3 atom stereocenters. The first-order valence-corrected chi connectivity index (χ1v) is 12.5. The second kappa shape index (κ2) is 10.5. The van der Waals surface area contributed by atoms with Crippen molar-refractivity contribution in [3.63, 3.8) is 0 Å². The van der Waals surface area contributed by atoms with Crippen molar-refractivity contribution in [2.75, 3.05) is 23.2 Å². The summed E-state index contributed by atoms with van der Waals surface area (Å²) in [5, 5.41) is 12.7. The van der Waals surface area contributed by atoms with Crippen LogP contribution in [0.3, 0.4) is 0 Å². The monoisotopic (exact) mass is 517 g/mol. The van der Waals surface area contributed by atoms with Crippen LogP contribution in [0.2, 0.25) is 0 Å². The van der Waals surface area contributed by atoms with Gasteiger partial charge in [0.05, 0.1) is 35.6 Å². The summed E-state index contributed by atoms with van der Waals surface area (Å²) in [5.74, 6) is -0.680. The van der Waals surface area contributed by atoms with Crippen molar-refractivity contribution in [1.82, 2.24) is 0 Å². The molecule has 2 aliphatic rings. The van der Waals surface area contributed by atoms with Gasteiger partial charge in [-0.3, -0.25) is 24.5 Å². The molecule has 196 valence electrons. The molecular weight excluding hydrogens is 490 g/mol. The first-order chi connectivity index (χ1) is 18.4. The van der Waals surface area contributed by atoms with Gasteiger partial charge in [-0.05, 0) is 55.3 Å². The number of fused-ring (bicyclic) bond motifs is 1. The van der Waals surface area contributed by atoms with E-state index in [1.54, 1.807) is 5.06 Å². The standard InChI is InChI=1S/C28H27N3O7/c1-3-16-37-22-15-10-18(17-23(22)36-4-2)25-24-26(38-30(25)20-8-6-5-7-9-20)28(33)29(27(24)32)19-11-13-21(14-12-19)31(34)35/h5-15,17,24-26H,3-4,16H2,1-2H3/t24-,25-,26-/m0/s1. The van der Waals surface area contributed by atoms with Crippen LogP contribution in [0.5, 0.6) is 11.5 Å². The SMILES string of the molecule is CCCOc1ccc([C@H]2[C@@H]3C(=O)N(c4ccc([N+](=O)[O-])cc4)C(=O)[C@H]3ON2c2ccccc2)cc1OCC. The Morgan fingerprint density at radius 1 is 0.895 bits per heavy atom. The summed E-state index contributed by atoms with van der Waals surface area (Å²) in [6.07, 6.45) is -0.223. The fraction of sp³-hybridized carbons (Fsp3) is 0.286. The number of carbonyl (C=O) groups excluding carboxylic acids is 2. The van der Waals surface area contributed by atoms with Crippen LogP contribution in [-0.2, 0) is 14.4 Å². The van der Waals surface area contributed by atoms with Crippen LogP contribution in [0.25, 0.3) is 0 Å². The summed E-state index contributed by atoms with van der Waals surface area (Å²) in [7, 11) is 0. The Balaban J connectivity index is 1.55. The number of carbonyl (C=O) groups is 2. The van der Waals surface area contributed by atoms with E-state index in [1.165, 1.54) is 24.3 Å². The van der Waals surface area contributed by atoms with Crippen molar-refractivity contribution in [2.45, 2.75) is 32.4 Å². The summed E-state index contributed by atoms with van der Waals surface area (Å²) in [5.41, 5.74) is 1.54. The number of hydrogen-bond donors (Lipinski definition) is 0. The van der Waals surface area contributed by atoms with Gasteiger partial charge in [0.25, 0.3) is 11.6 Å². The zero-order valence-corrected chi connectivity index (χ0v) is 21.0. The Bertz CT molecular complexity index is 1350. The number of nitrogens with zero attached hydrogens (tertiary/aromatic N) is 3. The number of nitro groups is 1. The topological polar surface area (TPSA) is 111 Å². The number of benzene rings is 3. The predicted molar refractivity (Wildman–Crippen MR) is 139 cm³/mol. The molecule has 3 aromatic carbocycles. The molecule has 2 fully saturated rings. The van der Waals surface area contributed by atoms with Crippen LogP contribution in [0.1, 0.15) is 31.9 Å². The zero-order valence-electron chi connectivity index (χ0n) is 21.0. The highest BCUT2D eigenvalue weighted by Crippen LogP contribution is 2.48. The van der Waals surface area contributed by atoms with E-state index in [2.05, 4.69) is 0 Å². The van der Waals surface area contributed by atoms with Crippen molar-refractivity contribution >= 4 is 28.9 Å². The van der Waals surface area contributed by atoms with Gasteiger partial charge in [-0.2, -0.15) is 0 Å². The zero-order chi connectivity index (χ0) is 26.8. The number of non-ortho nitro benzene ring substituents is 1. The molecule has 2 heterocycles. The Morgan fingerprint density at radius 2 is 1.63 bits per heavy atom. The summed E-state index contributed by atoms with van der Waals surface area (Å²) < 4.78 is 11.7. The third-order valence-corrected chi connectivity index (χ3v) is 6.52. The van der Waals surface area contributed by atoms with Crippen molar-refractivity contribution in [3.05, 3.63) is 88.5 Å². The number of anilines is 2. The molecule has 3 aromatic rings. The van der Waals surface area contributed by atoms with Crippen LogP contribution in [-0.4, -0.2) is 36.1 Å². The first-order valence-electron chi connectivity index (χ1n) is 12.5. The van der Waals surface area contributed by atoms with E-state index in [4.69, 9.17) is 14.3 Å². The lowest BCUT2D eigenvalue weighted by Crippen LogP contribution is -2.37. The lowest BCUT2D eigenvalue weighted by atomic mass is 9.90. The number of imide groups is 1. The average Bonchev–Trinajstić information content (AvgIpc) is 3.44. The maximum atomic E-state index is 13.8. The van der Waals surface area contributed by atoms with Crippen molar-refractivity contribution < 1.29 is 28.8 Å². The first kappa shape index (κ1) is 25.2. The minimum atomic E-state index is -1.06. The van der Waals surface area contributed by atoms with Gasteiger partial charge in [0.15, 0.2) is 17.6 Å². The molecule has 2 amide bonds. The van der Waals surface area contributed by atoms with E-state index in [0.717, 1.165) is 16.9 Å². The largest absolute Gasteiger partial charge is 0.490 e. The van der Waals surface area contributed by atoms with Gasteiger partial charge in [0.1, 0.15) is 5.92 Å². The highest BCUT2D eigenvalue weighted by Gasteiger charge is 2.60. The molecule has 2 saturated heterocycles. The van der Waals surface area contributed by atoms with Gasteiger partial charge >= 0.3 is 0 Å². The second-order valence-electron chi connectivity index (χ2n) is 8.93. The normalized spacial score (nSPS) is 20.5. The maximum absolute atomic E-state index is 13.8. The van der Waals surface area contributed by atoms with Gasteiger partial charge in [-0.15, -0.1) is 0 Å². The molecule has 0 aliphatic carbocycles. The molecule has 5 rings (SSSR count). The molecule has 0 saturated carbocycles. The Morgan fingerprint density at radius 3 is 2.29 bits per heavy atom. The van der Waals surface area contributed by atoms with E-state index in [0.29, 0.717) is 30.4 Å². The fourth-order valence-electron chi connectivity index (χ4n) is 4.84. The van der Waals surface area contributed by atoms with Crippen LogP contribution in [0.15, 0.2) is 72.8 Å². The lowest BCUT2D eigenvalue weighted by molar-refractivity contribution is -0.384. The molecule has 2 aliphatic heterocycles. The number of hydroxylamine groups is 1. The number of amides is 2. The molecule has 0 unspecified atom stereocenters. The van der Waals surface area contributed by atoms with Crippen molar-refractivity contribution in [1.29, 1.82) is 0 Å². The Hall–Kier alpha value is -4.44. The molecule has 0 radical (unpaired) electrons. The fourth-order valence-corrected chi connectivity index (χ4v) is 4.84. The Kier molecular flexibility index (Phi) is 6.97. The highest BCUT2D eigenvalue weighted by molar-refractivity contribution is 6.24. The summed E-state index contributed by atoms with van der Waals surface area (Å²) >= 11 is 0. The van der Waals surface area contributed by atoms with E-state index >= 15 is 0 Å². The summed E-state index contributed by atoms with van der Waals surface area (Å²) in [6.45, 7) is 4.85. The third-order valence-electron chi connectivity index (χ3n) is 6.52. The van der Waals surface area contributed by atoms with Gasteiger partial charge in [-0.25, -0.2) is 9.96 Å². The van der Waals surface area contributed by atoms with Gasteiger partial charge in [0.2, 0.25) is 5.91 Å². The molecule has 0 bridgehead atoms. The molecule has 0 spiro atoms. The maximum Gasteiger partial charge on any atom is 0.269 e. The van der Waals surface area contributed by atoms with Gasteiger partial charge < -0.3 is 9.47 Å². The highest BCUT2D eigenvalue weighted by atomic mass is 16.7. The third kappa shape index (κ3) is 4.43. The smallest absolute Gasteiger partial charge is 0.269 e. The predicted octanol–water partition coefficient (Wildman–Crippen LogP) is 4.83. The van der Waals surface area contributed by atoms with E-state index in [-0.39, 0.29) is 11.4 Å². The van der Waals surface area contributed by atoms with E-state index < -0.39 is 34.8 Å². The molecule has 38 heavy (non-hydrogen) atoms. The number of ether oxygens (including phenoxy) is 2. The number of rotatable bonds is 9. The summed E-state index contributed by atoms with van der Waals surface area (Å²) in [6, 6.07) is 19.4. The number of nitro benzene ring substituents is 1. The Labute approximate surface area is 219 Å². The van der Waals surface area contributed by atoms with Crippen molar-refractivity contribution in [3.8, 4) is 11.5 Å². The van der Waals surface area contributed by atoms with Crippen LogP contribution < -0.4 is 19.4 Å². The molecule has 0 N–H and O–H groups in total. The van der Waals surface area contributed by atoms with Gasteiger partial charge in [-0.1, -0.05) is 31.2 Å². The lowest BCUT2D eigenvalue weighted by Gasteiger charge is -2.29. The molecule has 0 aromatic heterocycles. The number of para-hydroxylation sites is 1. The minimum absolute atomic E-state index is 0.133. The molecule has 10 heteroatoms. The number of hydrogen-bond acceptors (Lipinski definition) is 8. The average molecular weight is 518 g/mol. The van der Waals surface area contributed by atoms with Crippen LogP contribution in [0.4, 0.5) is 17.1 Å². The van der Waals surface area contributed by atoms with Crippen LogP contribution in [0, 0.1) is 16.0 Å². The molecular formula is C28H27N3O7. The quantitative estimate of drug-likeness (QED) is 0.225. The van der Waals surface area contributed by atoms with Gasteiger partial charge in [0, 0.05) is 12.1 Å². The molecule has 10 nitrogen and oxygen atoms in total.